The Morgan fingerprint density at radius 1 is 1.20 bits per heavy atom. The molecule has 0 bridgehead atoms. The van der Waals surface area contributed by atoms with Crippen LogP contribution in [0, 0.1) is 5.92 Å². The van der Waals surface area contributed by atoms with Gasteiger partial charge in [0.2, 0.25) is 0 Å². The third kappa shape index (κ3) is 4.41. The summed E-state index contributed by atoms with van der Waals surface area (Å²) in [6.45, 7) is 6.95. The van der Waals surface area contributed by atoms with Crippen LogP contribution in [0.1, 0.15) is 39.5 Å². The van der Waals surface area contributed by atoms with E-state index in [0.717, 1.165) is 25.4 Å². The molecule has 3 nitrogen and oxygen atoms in total. The molecule has 0 radical (unpaired) electrons. The number of rotatable bonds is 6. The van der Waals surface area contributed by atoms with Crippen LogP contribution in [0.15, 0.2) is 24.3 Å². The predicted octanol–water partition coefficient (Wildman–Crippen LogP) is 3.50. The van der Waals surface area contributed by atoms with Crippen molar-refractivity contribution in [3.8, 4) is 0 Å². The molecule has 0 saturated carbocycles. The third-order valence-electron chi connectivity index (χ3n) is 4.07. The van der Waals surface area contributed by atoms with E-state index in [-0.39, 0.29) is 0 Å². The summed E-state index contributed by atoms with van der Waals surface area (Å²) < 4.78 is 0. The minimum Gasteiger partial charge on any atom is -0.396 e. The Morgan fingerprint density at radius 2 is 1.85 bits per heavy atom. The summed E-state index contributed by atoms with van der Waals surface area (Å²) in [6.07, 6.45) is 4.65. The summed E-state index contributed by atoms with van der Waals surface area (Å²) in [5.74, 6) is 0.806. The molecule has 0 spiro atoms. The van der Waals surface area contributed by atoms with Crippen LogP contribution in [-0.2, 0) is 0 Å². The highest BCUT2D eigenvalue weighted by molar-refractivity contribution is 5.55. The van der Waals surface area contributed by atoms with Gasteiger partial charge in [-0.15, -0.1) is 0 Å². The molecule has 1 saturated heterocycles. The van der Waals surface area contributed by atoms with Crippen LogP contribution in [-0.4, -0.2) is 30.8 Å². The molecule has 0 aromatic heterocycles. The smallest absolute Gasteiger partial charge is 0.0431 e. The molecule has 1 aliphatic heterocycles. The molecule has 1 heterocycles. The molecule has 3 heteroatoms. The fourth-order valence-corrected chi connectivity index (χ4v) is 2.96. The van der Waals surface area contributed by atoms with Crippen molar-refractivity contribution in [3.05, 3.63) is 24.3 Å². The first-order chi connectivity index (χ1) is 9.69. The SMILES string of the molecule is CC(C)Nc1ccc(N2CCC(CCCO)CC2)cc1. The van der Waals surface area contributed by atoms with Gasteiger partial charge in [-0.3, -0.25) is 0 Å². The molecule has 0 amide bonds. The fraction of sp³-hybridized carbons (Fsp3) is 0.647. The zero-order valence-electron chi connectivity index (χ0n) is 12.8. The molecule has 112 valence electrons. The monoisotopic (exact) mass is 276 g/mol. The molecular formula is C17H28N2O. The van der Waals surface area contributed by atoms with Gasteiger partial charge >= 0.3 is 0 Å². The molecule has 0 aliphatic carbocycles. The van der Waals surface area contributed by atoms with E-state index in [9.17, 15) is 0 Å². The largest absolute Gasteiger partial charge is 0.396 e. The molecule has 0 unspecified atom stereocenters. The summed E-state index contributed by atoms with van der Waals surface area (Å²) in [7, 11) is 0. The van der Waals surface area contributed by atoms with Crippen molar-refractivity contribution in [3.63, 3.8) is 0 Å². The second kappa shape index (κ2) is 7.53. The zero-order chi connectivity index (χ0) is 14.4. The zero-order valence-corrected chi connectivity index (χ0v) is 12.8. The molecule has 1 aliphatic rings. The molecule has 1 aromatic carbocycles. The number of nitrogens with one attached hydrogen (secondary N) is 1. The van der Waals surface area contributed by atoms with E-state index in [0.29, 0.717) is 12.6 Å². The van der Waals surface area contributed by atoms with Gasteiger partial charge in [-0.25, -0.2) is 0 Å². The molecular weight excluding hydrogens is 248 g/mol. The minimum atomic E-state index is 0.338. The molecule has 20 heavy (non-hydrogen) atoms. The van der Waals surface area contributed by atoms with Gasteiger partial charge in [0.05, 0.1) is 0 Å². The Hall–Kier alpha value is -1.22. The van der Waals surface area contributed by atoms with Crippen LogP contribution in [0.2, 0.25) is 0 Å². The van der Waals surface area contributed by atoms with E-state index in [1.54, 1.807) is 0 Å². The van der Waals surface area contributed by atoms with Crippen molar-refractivity contribution in [2.45, 2.75) is 45.6 Å². The molecule has 2 rings (SSSR count). The van der Waals surface area contributed by atoms with Gasteiger partial charge in [-0.05, 0) is 69.7 Å². The van der Waals surface area contributed by atoms with Gasteiger partial charge in [0.1, 0.15) is 0 Å². The first-order valence-electron chi connectivity index (χ1n) is 7.91. The van der Waals surface area contributed by atoms with Crippen LogP contribution in [0.3, 0.4) is 0 Å². The second-order valence-corrected chi connectivity index (χ2v) is 6.14. The maximum Gasteiger partial charge on any atom is 0.0431 e. The maximum absolute atomic E-state index is 8.90. The van der Waals surface area contributed by atoms with Gasteiger partial charge in [0.25, 0.3) is 0 Å². The number of nitrogens with zero attached hydrogens (tertiary/aromatic N) is 1. The number of piperidine rings is 1. The first-order valence-corrected chi connectivity index (χ1v) is 7.91. The molecule has 2 N–H and O–H groups in total. The van der Waals surface area contributed by atoms with E-state index in [2.05, 4.69) is 48.3 Å². The number of aliphatic hydroxyl groups is 1. The van der Waals surface area contributed by atoms with Crippen LogP contribution in [0.25, 0.3) is 0 Å². The number of hydrogen-bond donors (Lipinski definition) is 2. The summed E-state index contributed by atoms with van der Waals surface area (Å²) in [6, 6.07) is 9.26. The summed E-state index contributed by atoms with van der Waals surface area (Å²) in [5.41, 5.74) is 2.53. The normalized spacial score (nSPS) is 16.7. The Bertz CT molecular complexity index is 380. The Kier molecular flexibility index (Phi) is 5.72. The average molecular weight is 276 g/mol. The number of aliphatic hydroxyl groups excluding tert-OH is 1. The highest BCUT2D eigenvalue weighted by atomic mass is 16.2. The van der Waals surface area contributed by atoms with E-state index in [1.165, 1.54) is 30.6 Å². The van der Waals surface area contributed by atoms with Crippen LogP contribution >= 0.6 is 0 Å². The molecule has 1 aromatic rings. The van der Waals surface area contributed by atoms with Crippen molar-refractivity contribution < 1.29 is 5.11 Å². The highest BCUT2D eigenvalue weighted by Crippen LogP contribution is 2.26. The van der Waals surface area contributed by atoms with Crippen molar-refractivity contribution in [2.24, 2.45) is 5.92 Å². The summed E-state index contributed by atoms with van der Waals surface area (Å²) >= 11 is 0. The lowest BCUT2D eigenvalue weighted by atomic mass is 9.92. The number of hydrogen-bond acceptors (Lipinski definition) is 3. The summed E-state index contributed by atoms with van der Waals surface area (Å²) in [5, 5.41) is 12.3. The quantitative estimate of drug-likeness (QED) is 0.835. The Morgan fingerprint density at radius 3 is 2.40 bits per heavy atom. The van der Waals surface area contributed by atoms with E-state index in [1.807, 2.05) is 0 Å². The Labute approximate surface area is 123 Å². The maximum atomic E-state index is 8.90. The van der Waals surface area contributed by atoms with Gasteiger partial charge in [-0.1, -0.05) is 0 Å². The van der Waals surface area contributed by atoms with Crippen molar-refractivity contribution in [1.29, 1.82) is 0 Å². The van der Waals surface area contributed by atoms with E-state index in [4.69, 9.17) is 5.11 Å². The highest BCUT2D eigenvalue weighted by Gasteiger charge is 2.18. The van der Waals surface area contributed by atoms with Gasteiger partial charge in [-0.2, -0.15) is 0 Å². The average Bonchev–Trinajstić information content (AvgIpc) is 2.46. The second-order valence-electron chi connectivity index (χ2n) is 6.14. The summed E-state index contributed by atoms with van der Waals surface area (Å²) in [4.78, 5) is 2.48. The lowest BCUT2D eigenvalue weighted by Gasteiger charge is -2.33. The van der Waals surface area contributed by atoms with Crippen molar-refractivity contribution >= 4 is 11.4 Å². The van der Waals surface area contributed by atoms with Crippen molar-refractivity contribution in [1.82, 2.24) is 0 Å². The van der Waals surface area contributed by atoms with Crippen LogP contribution in [0.4, 0.5) is 11.4 Å². The van der Waals surface area contributed by atoms with Crippen LogP contribution in [0.5, 0.6) is 0 Å². The number of anilines is 2. The molecule has 0 atom stereocenters. The van der Waals surface area contributed by atoms with Gasteiger partial charge in [0, 0.05) is 37.1 Å². The lowest BCUT2D eigenvalue weighted by molar-refractivity contribution is 0.261. The van der Waals surface area contributed by atoms with E-state index < -0.39 is 0 Å². The van der Waals surface area contributed by atoms with Crippen molar-refractivity contribution in [2.75, 3.05) is 29.9 Å². The van der Waals surface area contributed by atoms with Gasteiger partial charge < -0.3 is 15.3 Å². The standard InChI is InChI=1S/C17H28N2O/c1-14(2)18-16-5-7-17(8-6-16)19-11-9-15(10-12-19)4-3-13-20/h5-8,14-15,18,20H,3-4,9-13H2,1-2H3. The number of benzene rings is 1. The third-order valence-corrected chi connectivity index (χ3v) is 4.07. The van der Waals surface area contributed by atoms with Crippen LogP contribution < -0.4 is 10.2 Å². The Balaban J connectivity index is 1.84. The van der Waals surface area contributed by atoms with E-state index >= 15 is 0 Å². The first kappa shape index (κ1) is 15.2. The fourth-order valence-electron chi connectivity index (χ4n) is 2.96. The molecule has 1 fully saturated rings. The lowest BCUT2D eigenvalue weighted by Crippen LogP contribution is -2.33. The predicted molar refractivity (Wildman–Crippen MR) is 86.5 cm³/mol. The topological polar surface area (TPSA) is 35.5 Å². The minimum absolute atomic E-state index is 0.338. The van der Waals surface area contributed by atoms with Gasteiger partial charge in [0.15, 0.2) is 0 Å².